The summed E-state index contributed by atoms with van der Waals surface area (Å²) in [5.74, 6) is 1.34. The van der Waals surface area contributed by atoms with E-state index in [0.29, 0.717) is 18.7 Å². The molecule has 1 amide bonds. The molecule has 1 aromatic carbocycles. The summed E-state index contributed by atoms with van der Waals surface area (Å²) in [6.45, 7) is 8.65. The van der Waals surface area contributed by atoms with Crippen LogP contribution in [-0.2, 0) is 17.8 Å². The van der Waals surface area contributed by atoms with Gasteiger partial charge in [-0.15, -0.1) is 0 Å². The van der Waals surface area contributed by atoms with Crippen molar-refractivity contribution in [1.82, 2.24) is 25.1 Å². The number of aryl methyl sites for hydroxylation is 2. The van der Waals surface area contributed by atoms with Crippen LogP contribution in [0.2, 0.25) is 0 Å². The number of piperazine rings is 1. The number of hydrogen-bond donors (Lipinski definition) is 2. The molecule has 31 heavy (non-hydrogen) atoms. The summed E-state index contributed by atoms with van der Waals surface area (Å²) in [5.41, 5.74) is 4.40. The lowest BCUT2D eigenvalue weighted by atomic mass is 10.1. The highest BCUT2D eigenvalue weighted by atomic mass is 16.1. The van der Waals surface area contributed by atoms with Gasteiger partial charge in [-0.05, 0) is 31.4 Å². The van der Waals surface area contributed by atoms with E-state index < -0.39 is 0 Å². The number of carbonyl (C=O) groups excluding carboxylic acids is 1. The molecule has 0 unspecified atom stereocenters. The third kappa shape index (κ3) is 5.46. The molecule has 0 aliphatic carbocycles. The molecule has 1 aliphatic heterocycles. The Hall–Kier alpha value is -3.26. The zero-order valence-corrected chi connectivity index (χ0v) is 18.1. The SMILES string of the molecule is Cc1n[nH]c(C)c1CCC(=O)Nc1cc(N2CCN(Cc3ccccc3)CC2)ncn1. The molecule has 0 saturated carbocycles. The summed E-state index contributed by atoms with van der Waals surface area (Å²) < 4.78 is 0. The fourth-order valence-electron chi connectivity index (χ4n) is 3.95. The van der Waals surface area contributed by atoms with E-state index in [1.54, 1.807) is 0 Å². The minimum atomic E-state index is -0.0580. The van der Waals surface area contributed by atoms with Crippen LogP contribution in [0.4, 0.5) is 11.6 Å². The van der Waals surface area contributed by atoms with E-state index in [2.05, 4.69) is 59.5 Å². The standard InChI is InChI=1S/C23H29N7O/c1-17-20(18(2)28-27-17)8-9-23(31)26-21-14-22(25-16-24-21)30-12-10-29(11-13-30)15-19-6-4-3-5-7-19/h3-7,14,16H,8-13,15H2,1-2H3,(H,27,28)(H,24,25,26,31). The summed E-state index contributed by atoms with van der Waals surface area (Å²) in [7, 11) is 0. The molecule has 0 radical (unpaired) electrons. The molecule has 0 spiro atoms. The third-order valence-corrected chi connectivity index (χ3v) is 5.75. The summed E-state index contributed by atoms with van der Waals surface area (Å²) in [5, 5.41) is 10.0. The van der Waals surface area contributed by atoms with Crippen molar-refractivity contribution in [2.45, 2.75) is 33.2 Å². The van der Waals surface area contributed by atoms with Crippen LogP contribution in [0.1, 0.15) is 28.9 Å². The Balaban J connectivity index is 1.29. The van der Waals surface area contributed by atoms with Crippen LogP contribution in [0, 0.1) is 13.8 Å². The van der Waals surface area contributed by atoms with Gasteiger partial charge in [0.2, 0.25) is 5.91 Å². The van der Waals surface area contributed by atoms with E-state index in [0.717, 1.165) is 55.5 Å². The number of carbonyl (C=O) groups is 1. The second kappa shape index (κ2) is 9.70. The molecule has 3 heterocycles. The predicted molar refractivity (Wildman–Crippen MR) is 121 cm³/mol. The summed E-state index contributed by atoms with van der Waals surface area (Å²) in [6, 6.07) is 12.4. The maximum Gasteiger partial charge on any atom is 0.225 e. The van der Waals surface area contributed by atoms with Crippen LogP contribution in [0.3, 0.4) is 0 Å². The Labute approximate surface area is 182 Å². The normalized spacial score (nSPS) is 14.6. The Morgan fingerprint density at radius 2 is 1.87 bits per heavy atom. The van der Waals surface area contributed by atoms with Gasteiger partial charge in [0.15, 0.2) is 0 Å². The molecule has 8 nitrogen and oxygen atoms in total. The van der Waals surface area contributed by atoms with Gasteiger partial charge >= 0.3 is 0 Å². The first-order valence-electron chi connectivity index (χ1n) is 10.7. The van der Waals surface area contributed by atoms with Gasteiger partial charge in [-0.3, -0.25) is 14.8 Å². The average molecular weight is 420 g/mol. The summed E-state index contributed by atoms with van der Waals surface area (Å²) in [4.78, 5) is 25.8. The lowest BCUT2D eigenvalue weighted by Crippen LogP contribution is -2.46. The summed E-state index contributed by atoms with van der Waals surface area (Å²) >= 11 is 0. The zero-order chi connectivity index (χ0) is 21.6. The predicted octanol–water partition coefficient (Wildman–Crippen LogP) is 2.71. The molecule has 2 N–H and O–H groups in total. The fourth-order valence-corrected chi connectivity index (χ4v) is 3.95. The fraction of sp³-hybridized carbons (Fsp3) is 0.391. The minimum Gasteiger partial charge on any atom is -0.354 e. The first kappa shape index (κ1) is 21.0. The van der Waals surface area contributed by atoms with E-state index in [1.165, 1.54) is 11.9 Å². The van der Waals surface area contributed by atoms with Crippen molar-refractivity contribution in [2.24, 2.45) is 0 Å². The molecule has 1 saturated heterocycles. The molecule has 162 valence electrons. The minimum absolute atomic E-state index is 0.0580. The number of benzene rings is 1. The van der Waals surface area contributed by atoms with Gasteiger partial charge in [-0.2, -0.15) is 5.10 Å². The van der Waals surface area contributed by atoms with Crippen LogP contribution in [-0.4, -0.2) is 57.2 Å². The van der Waals surface area contributed by atoms with Crippen molar-refractivity contribution in [3.05, 3.63) is 65.2 Å². The lowest BCUT2D eigenvalue weighted by molar-refractivity contribution is -0.116. The van der Waals surface area contributed by atoms with Gasteiger partial charge in [0.1, 0.15) is 18.0 Å². The molecule has 1 aliphatic rings. The highest BCUT2D eigenvalue weighted by Crippen LogP contribution is 2.18. The van der Waals surface area contributed by atoms with Gasteiger partial charge in [0.25, 0.3) is 0 Å². The van der Waals surface area contributed by atoms with Crippen LogP contribution in [0.5, 0.6) is 0 Å². The Morgan fingerprint density at radius 1 is 1.10 bits per heavy atom. The number of nitrogens with one attached hydrogen (secondary N) is 2. The molecular weight excluding hydrogens is 390 g/mol. The zero-order valence-electron chi connectivity index (χ0n) is 18.1. The van der Waals surface area contributed by atoms with Crippen molar-refractivity contribution in [2.75, 3.05) is 36.4 Å². The van der Waals surface area contributed by atoms with Crippen molar-refractivity contribution in [3.63, 3.8) is 0 Å². The Morgan fingerprint density at radius 3 is 2.58 bits per heavy atom. The molecule has 1 fully saturated rings. The Bertz CT molecular complexity index is 990. The van der Waals surface area contributed by atoms with E-state index in [-0.39, 0.29) is 5.91 Å². The van der Waals surface area contributed by atoms with E-state index in [9.17, 15) is 4.79 Å². The third-order valence-electron chi connectivity index (χ3n) is 5.75. The number of anilines is 2. The van der Waals surface area contributed by atoms with Gasteiger partial charge in [-0.25, -0.2) is 9.97 Å². The number of rotatable bonds is 7. The van der Waals surface area contributed by atoms with Crippen molar-refractivity contribution in [1.29, 1.82) is 0 Å². The largest absolute Gasteiger partial charge is 0.354 e. The number of aromatic nitrogens is 4. The van der Waals surface area contributed by atoms with Gasteiger partial charge < -0.3 is 10.2 Å². The number of H-pyrrole nitrogens is 1. The van der Waals surface area contributed by atoms with Gasteiger partial charge in [0.05, 0.1) is 5.69 Å². The lowest BCUT2D eigenvalue weighted by Gasteiger charge is -2.35. The highest BCUT2D eigenvalue weighted by molar-refractivity contribution is 5.90. The number of nitrogens with zero attached hydrogens (tertiary/aromatic N) is 5. The second-order valence-corrected chi connectivity index (χ2v) is 7.97. The van der Waals surface area contributed by atoms with Gasteiger partial charge in [-0.1, -0.05) is 30.3 Å². The van der Waals surface area contributed by atoms with Crippen LogP contribution in [0.25, 0.3) is 0 Å². The molecule has 0 bridgehead atoms. The van der Waals surface area contributed by atoms with E-state index in [1.807, 2.05) is 26.0 Å². The van der Waals surface area contributed by atoms with Crippen LogP contribution in [0.15, 0.2) is 42.7 Å². The van der Waals surface area contributed by atoms with E-state index >= 15 is 0 Å². The van der Waals surface area contributed by atoms with E-state index in [4.69, 9.17) is 0 Å². The maximum atomic E-state index is 12.4. The molecule has 4 rings (SSSR count). The number of hydrogen-bond acceptors (Lipinski definition) is 6. The van der Waals surface area contributed by atoms with Crippen LogP contribution >= 0.6 is 0 Å². The van der Waals surface area contributed by atoms with Crippen molar-refractivity contribution >= 4 is 17.5 Å². The van der Waals surface area contributed by atoms with Gasteiger partial charge in [0, 0.05) is 50.9 Å². The monoisotopic (exact) mass is 419 g/mol. The highest BCUT2D eigenvalue weighted by Gasteiger charge is 2.19. The molecular formula is C23H29N7O. The quantitative estimate of drug-likeness (QED) is 0.612. The molecule has 2 aromatic heterocycles. The van der Waals surface area contributed by atoms with Crippen LogP contribution < -0.4 is 10.2 Å². The topological polar surface area (TPSA) is 90.0 Å². The Kier molecular flexibility index (Phi) is 6.57. The van der Waals surface area contributed by atoms with Crippen molar-refractivity contribution in [3.8, 4) is 0 Å². The number of aromatic amines is 1. The average Bonchev–Trinajstić information content (AvgIpc) is 3.11. The first-order chi connectivity index (χ1) is 15.1. The maximum absolute atomic E-state index is 12.4. The smallest absolute Gasteiger partial charge is 0.225 e. The molecule has 3 aromatic rings. The number of amides is 1. The first-order valence-corrected chi connectivity index (χ1v) is 10.7. The summed E-state index contributed by atoms with van der Waals surface area (Å²) in [6.07, 6.45) is 2.56. The molecule has 0 atom stereocenters. The molecule has 8 heteroatoms. The van der Waals surface area contributed by atoms with Crippen molar-refractivity contribution < 1.29 is 4.79 Å². The second-order valence-electron chi connectivity index (χ2n) is 7.97.